The van der Waals surface area contributed by atoms with Crippen molar-refractivity contribution in [1.82, 2.24) is 4.90 Å². The van der Waals surface area contributed by atoms with Crippen LogP contribution in [0.15, 0.2) is 18.2 Å². The SMILES string of the molecule is COc1ccc(Cl)cc1NCCC(=O)N1CCCC(C(C)N)C1.Cl.Cl. The van der Waals surface area contributed by atoms with Crippen LogP contribution < -0.4 is 15.8 Å². The number of carbonyl (C=O) groups is 1. The standard InChI is InChI=1S/C17H26ClN3O2.2ClH/c1-12(19)13-4-3-9-21(11-13)17(22)7-8-20-15-10-14(18)5-6-16(15)23-2;;/h5-6,10,12-13,20H,3-4,7-9,11,19H2,1-2H3;2*1H. The van der Waals surface area contributed by atoms with Crippen molar-refractivity contribution < 1.29 is 9.53 Å². The summed E-state index contributed by atoms with van der Waals surface area (Å²) in [5.74, 6) is 1.30. The third kappa shape index (κ3) is 7.10. The summed E-state index contributed by atoms with van der Waals surface area (Å²) in [7, 11) is 1.61. The first-order chi connectivity index (χ1) is 11.0. The first-order valence-corrected chi connectivity index (χ1v) is 8.50. The van der Waals surface area contributed by atoms with Crippen LogP contribution in [-0.4, -0.2) is 43.6 Å². The van der Waals surface area contributed by atoms with Crippen LogP contribution >= 0.6 is 36.4 Å². The highest BCUT2D eigenvalue weighted by Crippen LogP contribution is 2.27. The summed E-state index contributed by atoms with van der Waals surface area (Å²) in [6, 6.07) is 5.53. The van der Waals surface area contributed by atoms with E-state index in [9.17, 15) is 4.79 Å². The van der Waals surface area contributed by atoms with Crippen molar-refractivity contribution in [1.29, 1.82) is 0 Å². The highest BCUT2D eigenvalue weighted by molar-refractivity contribution is 6.30. The van der Waals surface area contributed by atoms with Crippen LogP contribution in [0.25, 0.3) is 0 Å². The molecule has 2 rings (SSSR count). The lowest BCUT2D eigenvalue weighted by Gasteiger charge is -2.34. The van der Waals surface area contributed by atoms with Crippen LogP contribution in [0.1, 0.15) is 26.2 Å². The predicted molar refractivity (Wildman–Crippen MR) is 109 cm³/mol. The number of ether oxygens (including phenoxy) is 1. The molecule has 2 unspecified atom stereocenters. The van der Waals surface area contributed by atoms with Gasteiger partial charge in [-0.25, -0.2) is 0 Å². The van der Waals surface area contributed by atoms with Gasteiger partial charge in [0, 0.05) is 37.1 Å². The second-order valence-corrected chi connectivity index (χ2v) is 6.56. The van der Waals surface area contributed by atoms with Gasteiger partial charge in [-0.3, -0.25) is 4.79 Å². The molecule has 5 nitrogen and oxygen atoms in total. The van der Waals surface area contributed by atoms with Crippen molar-refractivity contribution >= 4 is 48.0 Å². The molecular formula is C17H28Cl3N3O2. The molecular weight excluding hydrogens is 385 g/mol. The van der Waals surface area contributed by atoms with Gasteiger partial charge in [0.2, 0.25) is 5.91 Å². The van der Waals surface area contributed by atoms with Crippen LogP contribution in [0.3, 0.4) is 0 Å². The zero-order valence-corrected chi connectivity index (χ0v) is 17.1. The van der Waals surface area contributed by atoms with Crippen molar-refractivity contribution in [2.75, 3.05) is 32.1 Å². The van der Waals surface area contributed by atoms with E-state index in [-0.39, 0.29) is 36.8 Å². The van der Waals surface area contributed by atoms with Gasteiger partial charge in [0.25, 0.3) is 0 Å². The van der Waals surface area contributed by atoms with Gasteiger partial charge in [-0.15, -0.1) is 24.8 Å². The first kappa shape index (κ1) is 24.1. The average molecular weight is 413 g/mol. The Kier molecular flexibility index (Phi) is 11.3. The van der Waals surface area contributed by atoms with Crippen molar-refractivity contribution in [3.8, 4) is 5.75 Å². The maximum absolute atomic E-state index is 12.4. The lowest BCUT2D eigenvalue weighted by molar-refractivity contribution is -0.132. The van der Waals surface area contributed by atoms with E-state index in [1.54, 1.807) is 19.2 Å². The van der Waals surface area contributed by atoms with E-state index in [2.05, 4.69) is 5.32 Å². The van der Waals surface area contributed by atoms with Gasteiger partial charge in [0.1, 0.15) is 5.75 Å². The minimum atomic E-state index is 0. The summed E-state index contributed by atoms with van der Waals surface area (Å²) in [5.41, 5.74) is 6.78. The molecule has 0 spiro atoms. The number of hydrogen-bond acceptors (Lipinski definition) is 4. The molecule has 0 aliphatic carbocycles. The quantitative estimate of drug-likeness (QED) is 0.749. The number of rotatable bonds is 6. The third-order valence-electron chi connectivity index (χ3n) is 4.37. The zero-order valence-electron chi connectivity index (χ0n) is 14.7. The molecule has 0 bridgehead atoms. The summed E-state index contributed by atoms with van der Waals surface area (Å²) in [6.45, 7) is 4.18. The van der Waals surface area contributed by atoms with Crippen LogP contribution in [0.4, 0.5) is 5.69 Å². The van der Waals surface area contributed by atoms with Gasteiger partial charge in [-0.2, -0.15) is 0 Å². The molecule has 2 atom stereocenters. The van der Waals surface area contributed by atoms with Gasteiger partial charge < -0.3 is 20.7 Å². The van der Waals surface area contributed by atoms with Gasteiger partial charge in [-0.05, 0) is 43.9 Å². The number of halogens is 3. The number of amides is 1. The second-order valence-electron chi connectivity index (χ2n) is 6.12. The fraction of sp³-hybridized carbons (Fsp3) is 0.588. The first-order valence-electron chi connectivity index (χ1n) is 8.12. The number of carbonyl (C=O) groups excluding carboxylic acids is 1. The summed E-state index contributed by atoms with van der Waals surface area (Å²) < 4.78 is 5.28. The average Bonchev–Trinajstić information content (AvgIpc) is 2.55. The molecule has 1 heterocycles. The van der Waals surface area contributed by atoms with Gasteiger partial charge in [0.15, 0.2) is 0 Å². The van der Waals surface area contributed by atoms with E-state index in [1.165, 1.54) is 0 Å². The van der Waals surface area contributed by atoms with Gasteiger partial charge >= 0.3 is 0 Å². The summed E-state index contributed by atoms with van der Waals surface area (Å²) in [6.07, 6.45) is 2.59. The lowest BCUT2D eigenvalue weighted by Crippen LogP contribution is -2.45. The molecule has 1 saturated heterocycles. The Balaban J connectivity index is 0.00000288. The molecule has 1 amide bonds. The van der Waals surface area contributed by atoms with E-state index < -0.39 is 0 Å². The highest BCUT2D eigenvalue weighted by Gasteiger charge is 2.25. The molecule has 3 N–H and O–H groups in total. The molecule has 0 aromatic heterocycles. The zero-order chi connectivity index (χ0) is 16.8. The summed E-state index contributed by atoms with van der Waals surface area (Å²) in [4.78, 5) is 14.3. The van der Waals surface area contributed by atoms with Crippen LogP contribution in [-0.2, 0) is 4.79 Å². The second kappa shape index (κ2) is 11.7. The molecule has 144 valence electrons. The number of anilines is 1. The highest BCUT2D eigenvalue weighted by atomic mass is 35.5. The van der Waals surface area contributed by atoms with Crippen molar-refractivity contribution in [2.24, 2.45) is 11.7 Å². The summed E-state index contributed by atoms with van der Waals surface area (Å²) >= 11 is 6.00. The normalized spacial score (nSPS) is 17.8. The molecule has 1 aliphatic heterocycles. The number of nitrogens with two attached hydrogens (primary N) is 1. The fourth-order valence-corrected chi connectivity index (χ4v) is 3.12. The van der Waals surface area contributed by atoms with Gasteiger partial charge in [-0.1, -0.05) is 11.6 Å². The van der Waals surface area contributed by atoms with Crippen LogP contribution in [0.5, 0.6) is 5.75 Å². The number of benzene rings is 1. The third-order valence-corrected chi connectivity index (χ3v) is 4.61. The molecule has 0 radical (unpaired) electrons. The van der Waals surface area contributed by atoms with E-state index in [1.807, 2.05) is 17.9 Å². The number of likely N-dealkylation sites (tertiary alicyclic amines) is 1. The smallest absolute Gasteiger partial charge is 0.224 e. The molecule has 1 aromatic carbocycles. The van der Waals surface area contributed by atoms with E-state index in [4.69, 9.17) is 22.1 Å². The molecule has 1 aliphatic rings. The molecule has 1 aromatic rings. The number of nitrogens with one attached hydrogen (secondary N) is 1. The van der Waals surface area contributed by atoms with Crippen molar-refractivity contribution in [3.63, 3.8) is 0 Å². The molecule has 25 heavy (non-hydrogen) atoms. The Morgan fingerprint density at radius 1 is 1.48 bits per heavy atom. The molecule has 0 saturated carbocycles. The Labute approximate surface area is 167 Å². The topological polar surface area (TPSA) is 67.6 Å². The van der Waals surface area contributed by atoms with Crippen molar-refractivity contribution in [2.45, 2.75) is 32.2 Å². The Morgan fingerprint density at radius 3 is 2.84 bits per heavy atom. The van der Waals surface area contributed by atoms with E-state index in [0.717, 1.165) is 37.4 Å². The van der Waals surface area contributed by atoms with Crippen molar-refractivity contribution in [3.05, 3.63) is 23.2 Å². The predicted octanol–water partition coefficient (Wildman–Crippen LogP) is 3.58. The summed E-state index contributed by atoms with van der Waals surface area (Å²) in [5, 5.41) is 3.86. The fourth-order valence-electron chi connectivity index (χ4n) is 2.95. The Morgan fingerprint density at radius 2 is 2.20 bits per heavy atom. The Hall–Kier alpha value is -0.880. The molecule has 8 heteroatoms. The number of nitrogens with zero attached hydrogens (tertiary/aromatic N) is 1. The minimum absolute atomic E-state index is 0. The minimum Gasteiger partial charge on any atom is -0.495 e. The lowest BCUT2D eigenvalue weighted by atomic mass is 9.92. The Bertz CT molecular complexity index is 544. The molecule has 1 fully saturated rings. The number of piperidine rings is 1. The number of methoxy groups -OCH3 is 1. The van der Waals surface area contributed by atoms with Crippen LogP contribution in [0, 0.1) is 5.92 Å². The maximum atomic E-state index is 12.4. The van der Waals surface area contributed by atoms with Gasteiger partial charge in [0.05, 0.1) is 12.8 Å². The number of hydrogen-bond donors (Lipinski definition) is 2. The maximum Gasteiger partial charge on any atom is 0.224 e. The van der Waals surface area contributed by atoms with Crippen LogP contribution in [0.2, 0.25) is 5.02 Å². The van der Waals surface area contributed by atoms with E-state index >= 15 is 0 Å². The monoisotopic (exact) mass is 411 g/mol. The largest absolute Gasteiger partial charge is 0.495 e. The van der Waals surface area contributed by atoms with E-state index in [0.29, 0.717) is 23.9 Å².